The molecule has 0 unspecified atom stereocenters. The van der Waals surface area contributed by atoms with E-state index in [-0.39, 0.29) is 36.0 Å². The van der Waals surface area contributed by atoms with Crippen LogP contribution in [0.25, 0.3) is 0 Å². The Bertz CT molecular complexity index is 770. The first-order valence-electron chi connectivity index (χ1n) is 8.02. The van der Waals surface area contributed by atoms with Crippen molar-refractivity contribution in [1.82, 2.24) is 9.80 Å². The molecule has 0 bridgehead atoms. The molecule has 2 heterocycles. The minimum atomic E-state index is -3.23. The maximum Gasteiger partial charge on any atom is 0.317 e. The Morgan fingerprint density at radius 3 is 2.56 bits per heavy atom. The standard InChI is InChI=1S/C16H21FN2O5S/c1-24-15-3-2-12(17)6-11(15)7-18-4-5-19(8-16(20)21)14-10-25(22,23)9-13(14)18/h2-3,6,13-14H,4-5,7-10H2,1H3,(H,20,21)/t13-,14+/m0/s1. The fourth-order valence-corrected chi connectivity index (χ4v) is 5.80. The van der Waals surface area contributed by atoms with E-state index in [4.69, 9.17) is 9.84 Å². The summed E-state index contributed by atoms with van der Waals surface area (Å²) >= 11 is 0. The molecule has 2 fully saturated rings. The Morgan fingerprint density at radius 1 is 1.28 bits per heavy atom. The largest absolute Gasteiger partial charge is 0.496 e. The number of nitrogens with zero attached hydrogens (tertiary/aromatic N) is 2. The van der Waals surface area contributed by atoms with E-state index >= 15 is 0 Å². The highest BCUT2D eigenvalue weighted by Gasteiger charge is 2.46. The zero-order valence-electron chi connectivity index (χ0n) is 13.9. The van der Waals surface area contributed by atoms with E-state index < -0.39 is 15.8 Å². The van der Waals surface area contributed by atoms with E-state index in [0.717, 1.165) is 0 Å². The normalized spacial score (nSPS) is 26.3. The summed E-state index contributed by atoms with van der Waals surface area (Å²) in [4.78, 5) is 14.8. The number of piperazine rings is 1. The number of rotatable bonds is 5. The van der Waals surface area contributed by atoms with Gasteiger partial charge in [0.1, 0.15) is 11.6 Å². The van der Waals surface area contributed by atoms with Crippen molar-refractivity contribution in [3.05, 3.63) is 29.6 Å². The average molecular weight is 372 g/mol. The lowest BCUT2D eigenvalue weighted by Gasteiger charge is -2.43. The molecule has 0 aromatic heterocycles. The van der Waals surface area contributed by atoms with Gasteiger partial charge in [0, 0.05) is 37.3 Å². The van der Waals surface area contributed by atoms with Gasteiger partial charge < -0.3 is 9.84 Å². The summed E-state index contributed by atoms with van der Waals surface area (Å²) in [6.07, 6.45) is 0. The summed E-state index contributed by atoms with van der Waals surface area (Å²) in [7, 11) is -1.72. The fraction of sp³-hybridized carbons (Fsp3) is 0.562. The number of aliphatic carboxylic acids is 1. The maximum absolute atomic E-state index is 13.6. The van der Waals surface area contributed by atoms with Crippen LogP contribution in [0.3, 0.4) is 0 Å². The quantitative estimate of drug-likeness (QED) is 0.790. The van der Waals surface area contributed by atoms with Gasteiger partial charge in [-0.05, 0) is 18.2 Å². The van der Waals surface area contributed by atoms with Crippen LogP contribution < -0.4 is 4.74 Å². The predicted molar refractivity (Wildman–Crippen MR) is 88.8 cm³/mol. The Balaban J connectivity index is 1.84. The lowest BCUT2D eigenvalue weighted by Crippen LogP contribution is -2.59. The second-order valence-corrected chi connectivity index (χ2v) is 8.66. The molecule has 0 radical (unpaired) electrons. The minimum absolute atomic E-state index is 0.00851. The third kappa shape index (κ3) is 3.94. The molecule has 0 spiro atoms. The minimum Gasteiger partial charge on any atom is -0.496 e. The Kier molecular flexibility index (Phi) is 4.99. The molecule has 1 aromatic rings. The van der Waals surface area contributed by atoms with Gasteiger partial charge in [-0.1, -0.05) is 0 Å². The lowest BCUT2D eigenvalue weighted by molar-refractivity contribution is -0.139. The van der Waals surface area contributed by atoms with Crippen LogP contribution in [-0.2, 0) is 21.2 Å². The second-order valence-electron chi connectivity index (χ2n) is 6.50. The first-order chi connectivity index (χ1) is 11.8. The van der Waals surface area contributed by atoms with E-state index in [1.807, 2.05) is 4.90 Å². The van der Waals surface area contributed by atoms with E-state index in [0.29, 0.717) is 30.9 Å². The number of sulfone groups is 1. The molecule has 2 atom stereocenters. The van der Waals surface area contributed by atoms with Crippen LogP contribution in [-0.4, -0.2) is 79.6 Å². The van der Waals surface area contributed by atoms with Gasteiger partial charge in [-0.15, -0.1) is 0 Å². The zero-order chi connectivity index (χ0) is 18.2. The van der Waals surface area contributed by atoms with Crippen LogP contribution in [0.4, 0.5) is 4.39 Å². The Morgan fingerprint density at radius 2 is 1.92 bits per heavy atom. The number of halogens is 1. The van der Waals surface area contributed by atoms with Crippen LogP contribution in [0.15, 0.2) is 18.2 Å². The maximum atomic E-state index is 13.6. The fourth-order valence-electron chi connectivity index (χ4n) is 3.75. The molecule has 1 N–H and O–H groups in total. The topological polar surface area (TPSA) is 87.2 Å². The number of methoxy groups -OCH3 is 1. The molecule has 2 saturated heterocycles. The third-order valence-electron chi connectivity index (χ3n) is 4.86. The van der Waals surface area contributed by atoms with Gasteiger partial charge in [-0.2, -0.15) is 0 Å². The van der Waals surface area contributed by atoms with Crippen molar-refractivity contribution in [3.63, 3.8) is 0 Å². The monoisotopic (exact) mass is 372 g/mol. The highest BCUT2D eigenvalue weighted by Crippen LogP contribution is 2.30. The molecule has 9 heteroatoms. The SMILES string of the molecule is COc1ccc(F)cc1CN1CCN(CC(=O)O)[C@@H]2CS(=O)(=O)C[C@@H]21. The average Bonchev–Trinajstić information content (AvgIpc) is 2.85. The summed E-state index contributed by atoms with van der Waals surface area (Å²) in [5.74, 6) is -0.848. The number of hydrogen-bond acceptors (Lipinski definition) is 6. The predicted octanol–water partition coefficient (Wildman–Crippen LogP) is 0.202. The number of ether oxygens (including phenoxy) is 1. The van der Waals surface area contributed by atoms with E-state index in [9.17, 15) is 17.6 Å². The number of fused-ring (bicyclic) bond motifs is 1. The van der Waals surface area contributed by atoms with Crippen LogP contribution in [0.5, 0.6) is 5.75 Å². The van der Waals surface area contributed by atoms with Crippen LogP contribution in [0.1, 0.15) is 5.56 Å². The molecule has 25 heavy (non-hydrogen) atoms. The number of hydrogen-bond donors (Lipinski definition) is 1. The summed E-state index contributed by atoms with van der Waals surface area (Å²) in [5, 5.41) is 9.05. The molecule has 3 rings (SSSR count). The third-order valence-corrected chi connectivity index (χ3v) is 6.56. The summed E-state index contributed by atoms with van der Waals surface area (Å²) in [5.41, 5.74) is 0.650. The van der Waals surface area contributed by atoms with E-state index in [1.165, 1.54) is 19.2 Å². The van der Waals surface area contributed by atoms with Crippen molar-refractivity contribution in [3.8, 4) is 5.75 Å². The van der Waals surface area contributed by atoms with Crippen molar-refractivity contribution in [2.24, 2.45) is 0 Å². The molecule has 2 aliphatic heterocycles. The molecule has 7 nitrogen and oxygen atoms in total. The number of carboxylic acid groups (broad SMARTS) is 1. The van der Waals surface area contributed by atoms with Crippen molar-refractivity contribution < 1.29 is 27.4 Å². The van der Waals surface area contributed by atoms with Crippen LogP contribution in [0.2, 0.25) is 0 Å². The summed E-state index contributed by atoms with van der Waals surface area (Å²) in [6.45, 7) is 1.16. The lowest BCUT2D eigenvalue weighted by atomic mass is 10.0. The van der Waals surface area contributed by atoms with Crippen LogP contribution in [0, 0.1) is 5.82 Å². The van der Waals surface area contributed by atoms with Crippen molar-refractivity contribution in [2.45, 2.75) is 18.6 Å². The van der Waals surface area contributed by atoms with Gasteiger partial charge in [0.2, 0.25) is 0 Å². The first-order valence-corrected chi connectivity index (χ1v) is 9.84. The number of carbonyl (C=O) groups is 1. The van der Waals surface area contributed by atoms with Crippen LogP contribution >= 0.6 is 0 Å². The Labute approximate surface area is 145 Å². The van der Waals surface area contributed by atoms with Gasteiger partial charge in [-0.3, -0.25) is 14.6 Å². The first kappa shape index (κ1) is 18.1. The molecule has 1 aromatic carbocycles. The summed E-state index contributed by atoms with van der Waals surface area (Å²) in [6, 6.07) is 3.60. The van der Waals surface area contributed by atoms with Crippen molar-refractivity contribution >= 4 is 15.8 Å². The smallest absolute Gasteiger partial charge is 0.317 e. The highest BCUT2D eigenvalue weighted by atomic mass is 32.2. The number of benzene rings is 1. The van der Waals surface area contributed by atoms with Gasteiger partial charge >= 0.3 is 5.97 Å². The molecule has 0 saturated carbocycles. The molecular formula is C16H21FN2O5S. The molecular weight excluding hydrogens is 351 g/mol. The summed E-state index contributed by atoms with van der Waals surface area (Å²) < 4.78 is 43.1. The van der Waals surface area contributed by atoms with Crippen molar-refractivity contribution in [1.29, 1.82) is 0 Å². The van der Waals surface area contributed by atoms with Gasteiger partial charge in [0.05, 0.1) is 25.2 Å². The van der Waals surface area contributed by atoms with Crippen molar-refractivity contribution in [2.75, 3.05) is 38.2 Å². The molecule has 0 aliphatic carbocycles. The zero-order valence-corrected chi connectivity index (χ0v) is 14.7. The van der Waals surface area contributed by atoms with Gasteiger partial charge in [0.25, 0.3) is 0 Å². The highest BCUT2D eigenvalue weighted by molar-refractivity contribution is 7.91. The molecule has 0 amide bonds. The number of carboxylic acids is 1. The van der Waals surface area contributed by atoms with Gasteiger partial charge in [0.15, 0.2) is 9.84 Å². The second kappa shape index (κ2) is 6.89. The van der Waals surface area contributed by atoms with E-state index in [2.05, 4.69) is 0 Å². The van der Waals surface area contributed by atoms with E-state index in [1.54, 1.807) is 11.0 Å². The molecule has 2 aliphatic rings. The van der Waals surface area contributed by atoms with Gasteiger partial charge in [-0.25, -0.2) is 12.8 Å². The molecule has 138 valence electrons. The Hall–Kier alpha value is -1.71.